The molecule has 0 saturated heterocycles. The predicted octanol–water partition coefficient (Wildman–Crippen LogP) is 5.70. The van der Waals surface area contributed by atoms with Gasteiger partial charge >= 0.3 is 0 Å². The number of fused-ring (bicyclic) bond motifs is 1. The fraction of sp³-hybridized carbons (Fsp3) is 0.0357. The van der Waals surface area contributed by atoms with Crippen LogP contribution in [0, 0.1) is 6.92 Å². The SMILES string of the molecule is Cc1cccc(-c2nnc(-c3ccc(C(=O)Nc4ccc(-n5cnc6ccccc65)nc4)cc3)o2)c1. The first-order chi connectivity index (χ1) is 17.6. The second-order valence-corrected chi connectivity index (χ2v) is 8.32. The number of nitrogens with one attached hydrogen (secondary N) is 1. The van der Waals surface area contributed by atoms with Crippen LogP contribution in [0.1, 0.15) is 15.9 Å². The minimum Gasteiger partial charge on any atom is -0.416 e. The van der Waals surface area contributed by atoms with Crippen LogP contribution >= 0.6 is 0 Å². The highest BCUT2D eigenvalue weighted by atomic mass is 16.4. The lowest BCUT2D eigenvalue weighted by Crippen LogP contribution is -2.12. The van der Waals surface area contributed by atoms with Crippen LogP contribution in [-0.2, 0) is 0 Å². The number of aryl methyl sites for hydroxylation is 1. The maximum Gasteiger partial charge on any atom is 0.255 e. The fourth-order valence-electron chi connectivity index (χ4n) is 3.95. The van der Waals surface area contributed by atoms with E-state index in [0.29, 0.717) is 23.0 Å². The number of hydrogen-bond donors (Lipinski definition) is 1. The molecule has 1 amide bonds. The third-order valence-electron chi connectivity index (χ3n) is 5.79. The van der Waals surface area contributed by atoms with Crippen LogP contribution in [0.4, 0.5) is 5.69 Å². The number of anilines is 1. The zero-order valence-electron chi connectivity index (χ0n) is 19.3. The van der Waals surface area contributed by atoms with Crippen molar-refractivity contribution < 1.29 is 9.21 Å². The predicted molar refractivity (Wildman–Crippen MR) is 137 cm³/mol. The molecule has 1 N–H and O–H groups in total. The molecular formula is C28H20N6O2. The molecule has 3 aromatic carbocycles. The van der Waals surface area contributed by atoms with E-state index >= 15 is 0 Å². The van der Waals surface area contributed by atoms with E-state index in [-0.39, 0.29) is 5.91 Å². The molecule has 0 unspecified atom stereocenters. The Kier molecular flexibility index (Phi) is 5.31. The van der Waals surface area contributed by atoms with E-state index in [1.54, 1.807) is 36.8 Å². The molecule has 6 rings (SSSR count). The number of hydrogen-bond acceptors (Lipinski definition) is 6. The van der Waals surface area contributed by atoms with Crippen LogP contribution in [0.3, 0.4) is 0 Å². The lowest BCUT2D eigenvalue weighted by Gasteiger charge is -2.07. The largest absolute Gasteiger partial charge is 0.416 e. The Morgan fingerprint density at radius 1 is 0.833 bits per heavy atom. The van der Waals surface area contributed by atoms with Gasteiger partial charge in [-0.2, -0.15) is 0 Å². The van der Waals surface area contributed by atoms with Crippen LogP contribution in [0.25, 0.3) is 39.8 Å². The molecule has 0 aliphatic heterocycles. The number of carbonyl (C=O) groups excluding carboxylic acids is 1. The van der Waals surface area contributed by atoms with Crippen molar-refractivity contribution >= 4 is 22.6 Å². The van der Waals surface area contributed by atoms with Gasteiger partial charge in [0.25, 0.3) is 5.91 Å². The minimum absolute atomic E-state index is 0.241. The van der Waals surface area contributed by atoms with Crippen molar-refractivity contribution in [2.75, 3.05) is 5.32 Å². The van der Waals surface area contributed by atoms with Gasteiger partial charge in [-0.3, -0.25) is 9.36 Å². The highest BCUT2D eigenvalue weighted by Crippen LogP contribution is 2.25. The van der Waals surface area contributed by atoms with Gasteiger partial charge in [0, 0.05) is 16.7 Å². The summed E-state index contributed by atoms with van der Waals surface area (Å²) in [5.41, 5.74) is 5.67. The molecule has 36 heavy (non-hydrogen) atoms. The van der Waals surface area contributed by atoms with Crippen LogP contribution in [0.5, 0.6) is 0 Å². The molecule has 0 atom stereocenters. The van der Waals surface area contributed by atoms with Gasteiger partial charge in [0.2, 0.25) is 11.8 Å². The van der Waals surface area contributed by atoms with Gasteiger partial charge in [0.1, 0.15) is 12.1 Å². The summed E-state index contributed by atoms with van der Waals surface area (Å²) in [5.74, 6) is 1.33. The Morgan fingerprint density at radius 3 is 2.42 bits per heavy atom. The zero-order chi connectivity index (χ0) is 24.5. The van der Waals surface area contributed by atoms with E-state index in [4.69, 9.17) is 4.42 Å². The van der Waals surface area contributed by atoms with Crippen LogP contribution < -0.4 is 5.32 Å². The molecule has 3 heterocycles. The molecule has 174 valence electrons. The lowest BCUT2D eigenvalue weighted by atomic mass is 10.1. The van der Waals surface area contributed by atoms with Gasteiger partial charge in [0.15, 0.2) is 0 Å². The van der Waals surface area contributed by atoms with Gasteiger partial charge in [-0.25, -0.2) is 9.97 Å². The van der Waals surface area contributed by atoms with E-state index in [1.807, 2.05) is 72.2 Å². The molecule has 0 spiro atoms. The van der Waals surface area contributed by atoms with Gasteiger partial charge < -0.3 is 9.73 Å². The molecule has 0 aliphatic carbocycles. The maximum atomic E-state index is 12.8. The average molecular weight is 473 g/mol. The monoisotopic (exact) mass is 472 g/mol. The first-order valence-corrected chi connectivity index (χ1v) is 11.3. The number of benzene rings is 3. The fourth-order valence-corrected chi connectivity index (χ4v) is 3.95. The number of aromatic nitrogens is 5. The maximum absolute atomic E-state index is 12.8. The summed E-state index contributed by atoms with van der Waals surface area (Å²) in [6, 6.07) is 26.4. The first kappa shape index (κ1) is 21.4. The number of amides is 1. The van der Waals surface area contributed by atoms with E-state index in [9.17, 15) is 4.79 Å². The normalized spacial score (nSPS) is 11.0. The quantitative estimate of drug-likeness (QED) is 0.346. The summed E-state index contributed by atoms with van der Waals surface area (Å²) >= 11 is 0. The lowest BCUT2D eigenvalue weighted by molar-refractivity contribution is 0.102. The van der Waals surface area contributed by atoms with Gasteiger partial charge in [-0.05, 0) is 67.6 Å². The number of carbonyl (C=O) groups is 1. The van der Waals surface area contributed by atoms with Crippen molar-refractivity contribution in [2.45, 2.75) is 6.92 Å². The van der Waals surface area contributed by atoms with Crippen molar-refractivity contribution in [3.8, 4) is 28.7 Å². The number of rotatable bonds is 5. The summed E-state index contributed by atoms with van der Waals surface area (Å²) in [5, 5.41) is 11.2. The third kappa shape index (κ3) is 4.12. The molecule has 3 aromatic heterocycles. The average Bonchev–Trinajstić information content (AvgIpc) is 3.57. The Balaban J connectivity index is 1.15. The van der Waals surface area contributed by atoms with Gasteiger partial charge in [-0.15, -0.1) is 10.2 Å². The summed E-state index contributed by atoms with van der Waals surface area (Å²) in [7, 11) is 0. The molecule has 8 heteroatoms. The van der Waals surface area contributed by atoms with Gasteiger partial charge in [0.05, 0.1) is 22.9 Å². The van der Waals surface area contributed by atoms with Crippen molar-refractivity contribution in [2.24, 2.45) is 0 Å². The number of para-hydroxylation sites is 2. The van der Waals surface area contributed by atoms with Crippen LogP contribution in [0.2, 0.25) is 0 Å². The van der Waals surface area contributed by atoms with Crippen molar-refractivity contribution in [3.05, 3.63) is 109 Å². The molecule has 0 radical (unpaired) electrons. The number of imidazole rings is 1. The first-order valence-electron chi connectivity index (χ1n) is 11.3. The number of pyridine rings is 1. The van der Waals surface area contributed by atoms with E-state index < -0.39 is 0 Å². The summed E-state index contributed by atoms with van der Waals surface area (Å²) in [4.78, 5) is 21.6. The molecule has 6 aromatic rings. The third-order valence-corrected chi connectivity index (χ3v) is 5.79. The highest BCUT2D eigenvalue weighted by molar-refractivity contribution is 6.04. The zero-order valence-corrected chi connectivity index (χ0v) is 19.3. The number of nitrogens with zero attached hydrogens (tertiary/aromatic N) is 5. The van der Waals surface area contributed by atoms with Crippen molar-refractivity contribution in [3.63, 3.8) is 0 Å². The highest BCUT2D eigenvalue weighted by Gasteiger charge is 2.13. The Morgan fingerprint density at radius 2 is 1.64 bits per heavy atom. The topological polar surface area (TPSA) is 98.7 Å². The summed E-state index contributed by atoms with van der Waals surface area (Å²) < 4.78 is 7.74. The second-order valence-electron chi connectivity index (χ2n) is 8.32. The molecule has 8 nitrogen and oxygen atoms in total. The minimum atomic E-state index is -0.241. The molecule has 0 fully saturated rings. The van der Waals surface area contributed by atoms with Crippen LogP contribution in [-0.4, -0.2) is 30.6 Å². The molecule has 0 saturated carbocycles. The standard InChI is InChI=1S/C28H20N6O2/c1-18-5-4-6-21(15-18)28-33-32-27(36-28)20-11-9-19(10-12-20)26(35)31-22-13-14-25(29-16-22)34-17-30-23-7-2-3-8-24(23)34/h2-17H,1H3,(H,31,35). The van der Waals surface area contributed by atoms with E-state index in [1.165, 1.54) is 0 Å². The Bertz CT molecular complexity index is 1680. The molecule has 0 aliphatic rings. The van der Waals surface area contributed by atoms with Crippen LogP contribution in [0.15, 0.2) is 102 Å². The summed E-state index contributed by atoms with van der Waals surface area (Å²) in [6.45, 7) is 2.01. The van der Waals surface area contributed by atoms with E-state index in [2.05, 4.69) is 25.5 Å². The van der Waals surface area contributed by atoms with Crippen molar-refractivity contribution in [1.29, 1.82) is 0 Å². The van der Waals surface area contributed by atoms with E-state index in [0.717, 1.165) is 33.5 Å². The smallest absolute Gasteiger partial charge is 0.255 e. The van der Waals surface area contributed by atoms with Gasteiger partial charge in [-0.1, -0.05) is 29.8 Å². The second kappa shape index (κ2) is 8.92. The summed E-state index contributed by atoms with van der Waals surface area (Å²) in [6.07, 6.45) is 3.36. The van der Waals surface area contributed by atoms with Crippen molar-refractivity contribution in [1.82, 2.24) is 24.7 Å². The Hall–Kier alpha value is -5.11. The molecule has 0 bridgehead atoms. The molecular weight excluding hydrogens is 452 g/mol. The Labute approximate surface area is 206 Å².